The number of esters is 1. The maximum Gasteiger partial charge on any atom is 0.337 e. The molecule has 0 saturated carbocycles. The van der Waals surface area contributed by atoms with Gasteiger partial charge in [0.1, 0.15) is 11.2 Å². The summed E-state index contributed by atoms with van der Waals surface area (Å²) in [5, 5.41) is 4.40. The van der Waals surface area contributed by atoms with Crippen molar-refractivity contribution in [2.24, 2.45) is 0 Å². The highest BCUT2D eigenvalue weighted by molar-refractivity contribution is 7.17. The largest absolute Gasteiger partial charge is 0.465 e. The van der Waals surface area contributed by atoms with E-state index in [2.05, 4.69) is 10.1 Å². The van der Waals surface area contributed by atoms with E-state index in [4.69, 9.17) is 4.74 Å². The topological polar surface area (TPSA) is 109 Å². The number of methoxy groups -OCH3 is 2. The highest BCUT2D eigenvalue weighted by atomic mass is 32.1. The lowest BCUT2D eigenvalue weighted by Crippen LogP contribution is -2.41. The van der Waals surface area contributed by atoms with E-state index < -0.39 is 17.6 Å². The van der Waals surface area contributed by atoms with Gasteiger partial charge in [0, 0.05) is 25.9 Å². The highest BCUT2D eigenvalue weighted by Gasteiger charge is 2.16. The Morgan fingerprint density at radius 3 is 2.47 bits per heavy atom. The van der Waals surface area contributed by atoms with Crippen LogP contribution >= 0.6 is 11.3 Å². The number of aromatic nitrogens is 2. The molecular weight excluding hydrogens is 410 g/mol. The molecule has 30 heavy (non-hydrogen) atoms. The van der Waals surface area contributed by atoms with Gasteiger partial charge in [-0.3, -0.25) is 18.7 Å². The summed E-state index contributed by atoms with van der Waals surface area (Å²) in [7, 11) is 2.83. The minimum Gasteiger partial charge on any atom is -0.465 e. The number of thiophene rings is 1. The molecule has 0 bridgehead atoms. The lowest BCUT2D eigenvalue weighted by Gasteiger charge is -2.12. The predicted molar refractivity (Wildman–Crippen MR) is 113 cm³/mol. The Hall–Kier alpha value is -3.24. The zero-order valence-corrected chi connectivity index (χ0v) is 17.4. The highest BCUT2D eigenvalue weighted by Crippen LogP contribution is 2.16. The maximum atomic E-state index is 12.9. The Morgan fingerprint density at radius 2 is 1.80 bits per heavy atom. The minimum atomic E-state index is -0.543. The van der Waals surface area contributed by atoms with Gasteiger partial charge in [-0.25, -0.2) is 9.59 Å². The molecule has 9 nitrogen and oxygen atoms in total. The van der Waals surface area contributed by atoms with E-state index in [9.17, 15) is 19.2 Å². The number of nitrogens with zero attached hydrogens (tertiary/aromatic N) is 2. The fourth-order valence-corrected chi connectivity index (χ4v) is 3.84. The zero-order chi connectivity index (χ0) is 21.7. The monoisotopic (exact) mass is 431 g/mol. The standard InChI is InChI=1S/C20H21N3O6S/c1-28-10-3-9-22-18(25)17-15(8-11-30-17)23(20(22)27)12-16(24)21-14-6-4-13(5-7-14)19(26)29-2/h4-8,11H,3,9-10,12H2,1-2H3,(H,21,24). The number of amides is 1. The molecule has 0 aliphatic carbocycles. The molecule has 1 N–H and O–H groups in total. The summed E-state index contributed by atoms with van der Waals surface area (Å²) in [4.78, 5) is 49.6. The molecule has 0 unspecified atom stereocenters. The molecule has 1 amide bonds. The van der Waals surface area contributed by atoms with Crippen LogP contribution in [0.25, 0.3) is 10.2 Å². The average Bonchev–Trinajstić information content (AvgIpc) is 3.23. The smallest absolute Gasteiger partial charge is 0.337 e. The molecule has 0 aliphatic rings. The number of anilines is 1. The van der Waals surface area contributed by atoms with Crippen molar-refractivity contribution in [1.82, 2.24) is 9.13 Å². The molecule has 0 fully saturated rings. The minimum absolute atomic E-state index is 0.204. The number of ether oxygens (including phenoxy) is 2. The van der Waals surface area contributed by atoms with Gasteiger partial charge in [0.15, 0.2) is 0 Å². The summed E-state index contributed by atoms with van der Waals surface area (Å²) in [5.74, 6) is -0.910. The van der Waals surface area contributed by atoms with E-state index in [0.717, 1.165) is 4.57 Å². The van der Waals surface area contributed by atoms with Crippen molar-refractivity contribution < 1.29 is 19.1 Å². The molecule has 2 heterocycles. The van der Waals surface area contributed by atoms with Gasteiger partial charge >= 0.3 is 11.7 Å². The molecule has 0 atom stereocenters. The zero-order valence-electron chi connectivity index (χ0n) is 16.5. The molecule has 3 aromatic rings. The number of hydrogen-bond donors (Lipinski definition) is 1. The van der Waals surface area contributed by atoms with Crippen LogP contribution in [0.3, 0.4) is 0 Å². The quantitative estimate of drug-likeness (QED) is 0.429. The summed E-state index contributed by atoms with van der Waals surface area (Å²) < 4.78 is 12.5. The number of nitrogens with one attached hydrogen (secondary N) is 1. The molecule has 0 radical (unpaired) electrons. The fraction of sp³-hybridized carbons (Fsp3) is 0.300. The van der Waals surface area contributed by atoms with Crippen LogP contribution in [0.2, 0.25) is 0 Å². The van der Waals surface area contributed by atoms with Gasteiger partial charge in [-0.15, -0.1) is 11.3 Å². The predicted octanol–water partition coefficient (Wildman–Crippen LogP) is 1.69. The Balaban J connectivity index is 1.85. The normalized spacial score (nSPS) is 10.9. The summed E-state index contributed by atoms with van der Waals surface area (Å²) in [5.41, 5.74) is 0.342. The fourth-order valence-electron chi connectivity index (χ4n) is 3.00. The third-order valence-corrected chi connectivity index (χ3v) is 5.35. The number of carbonyl (C=O) groups excluding carboxylic acids is 2. The van der Waals surface area contributed by atoms with Crippen LogP contribution in [0.5, 0.6) is 0 Å². The average molecular weight is 431 g/mol. The summed E-state index contributed by atoms with van der Waals surface area (Å²) in [6.07, 6.45) is 0.501. The second-order valence-corrected chi connectivity index (χ2v) is 7.34. The molecule has 3 rings (SSSR count). The van der Waals surface area contributed by atoms with Crippen LogP contribution in [0.4, 0.5) is 5.69 Å². The first-order valence-corrected chi connectivity index (χ1v) is 10.0. The van der Waals surface area contributed by atoms with Gasteiger partial charge in [0.25, 0.3) is 5.56 Å². The van der Waals surface area contributed by atoms with Crippen molar-refractivity contribution >= 4 is 39.1 Å². The Morgan fingerprint density at radius 1 is 1.07 bits per heavy atom. The van der Waals surface area contributed by atoms with E-state index >= 15 is 0 Å². The first-order chi connectivity index (χ1) is 14.5. The third-order valence-electron chi connectivity index (χ3n) is 4.46. The van der Waals surface area contributed by atoms with E-state index in [1.165, 1.54) is 35.1 Å². The molecule has 158 valence electrons. The molecule has 0 saturated heterocycles. The number of fused-ring (bicyclic) bond motifs is 1. The maximum absolute atomic E-state index is 12.9. The molecule has 0 aliphatic heterocycles. The van der Waals surface area contributed by atoms with Crippen LogP contribution in [0.1, 0.15) is 16.8 Å². The van der Waals surface area contributed by atoms with Crippen LogP contribution in [-0.4, -0.2) is 41.8 Å². The number of hydrogen-bond acceptors (Lipinski definition) is 7. The van der Waals surface area contributed by atoms with Crippen LogP contribution < -0.4 is 16.6 Å². The molecular formula is C20H21N3O6S. The Kier molecular flexibility index (Phi) is 6.80. The van der Waals surface area contributed by atoms with Gasteiger partial charge in [0.05, 0.1) is 18.2 Å². The first-order valence-electron chi connectivity index (χ1n) is 9.14. The lowest BCUT2D eigenvalue weighted by molar-refractivity contribution is -0.116. The summed E-state index contributed by atoms with van der Waals surface area (Å²) >= 11 is 1.23. The van der Waals surface area contributed by atoms with Crippen LogP contribution in [-0.2, 0) is 27.4 Å². The van der Waals surface area contributed by atoms with Gasteiger partial charge in [0.2, 0.25) is 5.91 Å². The van der Waals surface area contributed by atoms with Gasteiger partial charge in [-0.1, -0.05) is 0 Å². The van der Waals surface area contributed by atoms with Crippen LogP contribution in [0, 0.1) is 0 Å². The van der Waals surface area contributed by atoms with Crippen molar-refractivity contribution in [3.05, 3.63) is 62.1 Å². The van der Waals surface area contributed by atoms with E-state index in [0.29, 0.717) is 34.5 Å². The molecule has 10 heteroatoms. The molecule has 2 aromatic heterocycles. The first kappa shape index (κ1) is 21.5. The van der Waals surface area contributed by atoms with Gasteiger partial charge in [-0.05, 0) is 42.1 Å². The summed E-state index contributed by atoms with van der Waals surface area (Å²) in [6, 6.07) is 7.85. The number of benzene rings is 1. The molecule has 1 aromatic carbocycles. The SMILES string of the molecule is COCCCn1c(=O)c2sccc2n(CC(=O)Nc2ccc(C(=O)OC)cc2)c1=O. The second-order valence-electron chi connectivity index (χ2n) is 6.42. The van der Waals surface area contributed by atoms with Crippen LogP contribution in [0.15, 0.2) is 45.3 Å². The number of carbonyl (C=O) groups is 2. The summed E-state index contributed by atoms with van der Waals surface area (Å²) in [6.45, 7) is 0.363. The van der Waals surface area contributed by atoms with E-state index in [1.54, 1.807) is 30.7 Å². The third kappa shape index (κ3) is 4.50. The van der Waals surface area contributed by atoms with Crippen molar-refractivity contribution in [1.29, 1.82) is 0 Å². The molecule has 0 spiro atoms. The second kappa shape index (κ2) is 9.51. The Bertz CT molecular complexity index is 1180. The Labute approximate surface area is 175 Å². The lowest BCUT2D eigenvalue weighted by atomic mass is 10.2. The van der Waals surface area contributed by atoms with Crippen molar-refractivity contribution in [3.63, 3.8) is 0 Å². The van der Waals surface area contributed by atoms with Crippen molar-refractivity contribution in [2.45, 2.75) is 19.5 Å². The van der Waals surface area contributed by atoms with E-state index in [-0.39, 0.29) is 18.6 Å². The van der Waals surface area contributed by atoms with Crippen molar-refractivity contribution in [2.75, 3.05) is 26.1 Å². The van der Waals surface area contributed by atoms with Gasteiger partial charge < -0.3 is 14.8 Å². The van der Waals surface area contributed by atoms with Gasteiger partial charge in [-0.2, -0.15) is 0 Å². The van der Waals surface area contributed by atoms with E-state index in [1.807, 2.05) is 0 Å². The number of rotatable bonds is 8. The van der Waals surface area contributed by atoms with Crippen molar-refractivity contribution in [3.8, 4) is 0 Å².